The highest BCUT2D eigenvalue weighted by atomic mass is 32.2. The highest BCUT2D eigenvalue weighted by molar-refractivity contribution is 8.03. The second-order valence-corrected chi connectivity index (χ2v) is 15.2. The molecule has 0 fully saturated rings. The van der Waals surface area contributed by atoms with Crippen LogP contribution in [0, 0.1) is 13.8 Å². The van der Waals surface area contributed by atoms with Crippen molar-refractivity contribution in [2.45, 2.75) is 89.9 Å². The van der Waals surface area contributed by atoms with E-state index in [1.54, 1.807) is 0 Å². The van der Waals surface area contributed by atoms with Crippen molar-refractivity contribution in [1.82, 2.24) is 0 Å². The number of anilines is 1. The van der Waals surface area contributed by atoms with Crippen LogP contribution in [0.3, 0.4) is 0 Å². The lowest BCUT2D eigenvalue weighted by molar-refractivity contribution is -0.438. The van der Waals surface area contributed by atoms with Crippen molar-refractivity contribution in [1.29, 1.82) is 0 Å². The van der Waals surface area contributed by atoms with Gasteiger partial charge < -0.3 is 4.90 Å². The van der Waals surface area contributed by atoms with Crippen molar-refractivity contribution in [3.05, 3.63) is 135 Å². The molecule has 0 saturated heterocycles. The van der Waals surface area contributed by atoms with Gasteiger partial charge in [0.1, 0.15) is 6.54 Å². The Kier molecular flexibility index (Phi) is 8.61. The van der Waals surface area contributed by atoms with Crippen molar-refractivity contribution < 1.29 is 4.58 Å². The monoisotopic (exact) mass is 613 g/mol. The molecule has 0 amide bonds. The first-order chi connectivity index (χ1) is 21.5. The lowest BCUT2D eigenvalue weighted by Gasteiger charge is -2.24. The SMILES string of the molecule is CCCC[N+]1=C(/C=C/C2=C(Sc3ccccc3)C(=C/C=C3/N(C)c4ccc(C)cc4C3(C)C)/CC2)C(C)(C)c2cc(C)ccc21. The molecule has 0 atom stereocenters. The molecule has 3 aliphatic rings. The van der Waals surface area contributed by atoms with Crippen LogP contribution in [0.25, 0.3) is 0 Å². The normalized spacial score (nSPS) is 20.3. The van der Waals surface area contributed by atoms with Crippen LogP contribution in [-0.4, -0.2) is 23.9 Å². The first-order valence-electron chi connectivity index (χ1n) is 16.7. The number of benzene rings is 3. The van der Waals surface area contributed by atoms with Crippen LogP contribution in [0.5, 0.6) is 0 Å². The minimum atomic E-state index is -0.0368. The summed E-state index contributed by atoms with van der Waals surface area (Å²) in [5.74, 6) is 0. The van der Waals surface area contributed by atoms with E-state index in [0.717, 1.165) is 19.4 Å². The van der Waals surface area contributed by atoms with Crippen molar-refractivity contribution >= 4 is 28.8 Å². The molecule has 232 valence electrons. The summed E-state index contributed by atoms with van der Waals surface area (Å²) in [7, 11) is 2.22. The Labute approximate surface area is 276 Å². The van der Waals surface area contributed by atoms with Gasteiger partial charge in [-0.05, 0) is 87.6 Å². The van der Waals surface area contributed by atoms with Crippen LogP contribution in [0.2, 0.25) is 0 Å². The molecule has 0 radical (unpaired) electrons. The van der Waals surface area contributed by atoms with Crippen molar-refractivity contribution in [3.8, 4) is 0 Å². The summed E-state index contributed by atoms with van der Waals surface area (Å²) in [5.41, 5.74) is 13.8. The number of hydrogen-bond donors (Lipinski definition) is 0. The molecule has 0 saturated carbocycles. The lowest BCUT2D eigenvalue weighted by Crippen LogP contribution is -2.28. The molecule has 6 rings (SSSR count). The number of allylic oxidation sites excluding steroid dienone is 7. The van der Waals surface area contributed by atoms with Gasteiger partial charge >= 0.3 is 0 Å². The van der Waals surface area contributed by atoms with Crippen molar-refractivity contribution in [2.75, 3.05) is 18.5 Å². The molecule has 2 aliphatic heterocycles. The zero-order valence-electron chi connectivity index (χ0n) is 28.5. The Morgan fingerprint density at radius 3 is 2.27 bits per heavy atom. The van der Waals surface area contributed by atoms with Crippen LogP contribution >= 0.6 is 11.8 Å². The molecule has 3 aromatic rings. The van der Waals surface area contributed by atoms with E-state index in [1.807, 2.05) is 11.8 Å². The van der Waals surface area contributed by atoms with Gasteiger partial charge in [-0.3, -0.25) is 0 Å². The number of hydrogen-bond acceptors (Lipinski definition) is 2. The number of unbranched alkanes of at least 4 members (excludes halogenated alkanes) is 1. The van der Waals surface area contributed by atoms with E-state index < -0.39 is 0 Å². The number of nitrogens with zero attached hydrogens (tertiary/aromatic N) is 2. The van der Waals surface area contributed by atoms with E-state index in [0.29, 0.717) is 0 Å². The highest BCUT2D eigenvalue weighted by Crippen LogP contribution is 2.48. The van der Waals surface area contributed by atoms with E-state index in [-0.39, 0.29) is 10.8 Å². The molecule has 1 aliphatic carbocycles. The van der Waals surface area contributed by atoms with Gasteiger partial charge in [-0.1, -0.05) is 98.6 Å². The standard InChI is InChI=1S/C42H49N2S/c1-9-10-26-44-37-23-17-30(3)28-35(37)42(6,7)39(44)25-21-32-19-18-31(40(32)45-33-14-12-11-13-15-33)20-24-38-41(4,5)34-27-29(2)16-22-36(34)43(38)8/h11-17,20-25,27-28H,9-10,18-19,26H2,1-8H3/q+1. The Hall–Kier alpha value is -3.56. The predicted octanol–water partition coefficient (Wildman–Crippen LogP) is 11.1. The third kappa shape index (κ3) is 5.81. The van der Waals surface area contributed by atoms with Gasteiger partial charge in [-0.15, -0.1) is 0 Å². The number of thioether (sulfide) groups is 1. The molecule has 0 N–H and O–H groups in total. The fourth-order valence-electron chi connectivity index (χ4n) is 7.41. The predicted molar refractivity (Wildman–Crippen MR) is 195 cm³/mol. The summed E-state index contributed by atoms with van der Waals surface area (Å²) in [5, 5.41) is 0. The third-order valence-electron chi connectivity index (χ3n) is 10.1. The Morgan fingerprint density at radius 1 is 0.822 bits per heavy atom. The summed E-state index contributed by atoms with van der Waals surface area (Å²) in [6, 6.07) is 24.7. The molecule has 0 bridgehead atoms. The van der Waals surface area contributed by atoms with Gasteiger partial charge in [0.05, 0.1) is 5.41 Å². The molecule has 0 unspecified atom stereocenters. The van der Waals surface area contributed by atoms with Crippen LogP contribution in [0.4, 0.5) is 11.4 Å². The van der Waals surface area contributed by atoms with Gasteiger partial charge in [0.25, 0.3) is 0 Å². The minimum Gasteiger partial charge on any atom is -0.347 e. The smallest absolute Gasteiger partial charge is 0.209 e. The van der Waals surface area contributed by atoms with Gasteiger partial charge in [-0.25, -0.2) is 0 Å². The molecule has 3 heteroatoms. The number of aryl methyl sites for hydroxylation is 2. The summed E-state index contributed by atoms with van der Waals surface area (Å²) >= 11 is 1.92. The van der Waals surface area contributed by atoms with E-state index >= 15 is 0 Å². The highest BCUT2D eigenvalue weighted by Gasteiger charge is 2.44. The summed E-state index contributed by atoms with van der Waals surface area (Å²) < 4.78 is 2.59. The van der Waals surface area contributed by atoms with E-state index in [1.165, 1.54) is 78.8 Å². The third-order valence-corrected chi connectivity index (χ3v) is 11.3. The molecule has 2 heterocycles. The molecule has 0 aromatic heterocycles. The average Bonchev–Trinajstić information content (AvgIpc) is 3.55. The Morgan fingerprint density at radius 2 is 1.53 bits per heavy atom. The average molecular weight is 614 g/mol. The second-order valence-electron chi connectivity index (χ2n) is 14.1. The second kappa shape index (κ2) is 12.3. The van der Waals surface area contributed by atoms with E-state index in [4.69, 9.17) is 0 Å². The minimum absolute atomic E-state index is 0.0351. The van der Waals surface area contributed by atoms with Gasteiger partial charge in [0, 0.05) is 57.8 Å². The lowest BCUT2D eigenvalue weighted by atomic mass is 9.81. The zero-order chi connectivity index (χ0) is 31.9. The van der Waals surface area contributed by atoms with Gasteiger partial charge in [0.2, 0.25) is 5.69 Å². The first-order valence-corrected chi connectivity index (χ1v) is 17.5. The van der Waals surface area contributed by atoms with Crippen LogP contribution < -0.4 is 4.90 Å². The van der Waals surface area contributed by atoms with E-state index in [9.17, 15) is 0 Å². The number of fused-ring (bicyclic) bond motifs is 2. The number of likely N-dealkylation sites (N-methyl/N-ethyl adjacent to an activating group) is 1. The molecule has 2 nitrogen and oxygen atoms in total. The van der Waals surface area contributed by atoms with Crippen LogP contribution in [-0.2, 0) is 10.8 Å². The quantitative estimate of drug-likeness (QED) is 0.233. The topological polar surface area (TPSA) is 6.25 Å². The fraction of sp³-hybridized carbons (Fsp3) is 0.357. The summed E-state index contributed by atoms with van der Waals surface area (Å²) in [6.45, 7) is 17.3. The van der Waals surface area contributed by atoms with E-state index in [2.05, 4.69) is 156 Å². The molecular formula is C42H49N2S+. The summed E-state index contributed by atoms with van der Waals surface area (Å²) in [4.78, 5) is 5.09. The molecule has 45 heavy (non-hydrogen) atoms. The Balaban J connectivity index is 1.40. The maximum Gasteiger partial charge on any atom is 0.209 e. The van der Waals surface area contributed by atoms with Crippen LogP contribution in [0.15, 0.2) is 118 Å². The van der Waals surface area contributed by atoms with Crippen LogP contribution in [0.1, 0.15) is 82.6 Å². The van der Waals surface area contributed by atoms with Crippen molar-refractivity contribution in [2.24, 2.45) is 0 Å². The van der Waals surface area contributed by atoms with Gasteiger partial charge in [-0.2, -0.15) is 4.58 Å². The maximum atomic E-state index is 2.59. The maximum absolute atomic E-state index is 2.59. The first kappa shape index (κ1) is 31.4. The molecular weight excluding hydrogens is 565 g/mol. The van der Waals surface area contributed by atoms with Gasteiger partial charge in [0.15, 0.2) is 5.71 Å². The number of rotatable bonds is 8. The summed E-state index contributed by atoms with van der Waals surface area (Å²) in [6.07, 6.45) is 14.2. The fourth-order valence-corrected chi connectivity index (χ4v) is 8.55. The zero-order valence-corrected chi connectivity index (χ0v) is 29.3. The Bertz CT molecular complexity index is 1780. The molecule has 3 aromatic carbocycles. The molecule has 0 spiro atoms. The largest absolute Gasteiger partial charge is 0.347 e. The van der Waals surface area contributed by atoms with Crippen molar-refractivity contribution in [3.63, 3.8) is 0 Å².